The van der Waals surface area contributed by atoms with E-state index in [1.54, 1.807) is 23.9 Å². The number of benzene rings is 1. The van der Waals surface area contributed by atoms with E-state index in [2.05, 4.69) is 20.1 Å². The van der Waals surface area contributed by atoms with Crippen molar-refractivity contribution in [1.29, 1.82) is 0 Å². The lowest BCUT2D eigenvalue weighted by molar-refractivity contribution is 0.467. The van der Waals surface area contributed by atoms with Crippen LogP contribution < -0.4 is 5.73 Å². The van der Waals surface area contributed by atoms with Crippen molar-refractivity contribution >= 4 is 5.84 Å². The first kappa shape index (κ1) is 15.4. The van der Waals surface area contributed by atoms with Crippen molar-refractivity contribution in [2.45, 2.75) is 19.0 Å². The predicted molar refractivity (Wildman–Crippen MR) is 87.7 cm³/mol. The molecule has 0 bridgehead atoms. The highest BCUT2D eigenvalue weighted by Crippen LogP contribution is 2.39. The monoisotopic (exact) mass is 340 g/mol. The average Bonchev–Trinajstić information content (AvgIpc) is 3.04. The molecule has 4 rings (SSSR count). The number of rotatable bonds is 2. The van der Waals surface area contributed by atoms with E-state index in [1.165, 1.54) is 24.8 Å². The van der Waals surface area contributed by atoms with Crippen LogP contribution in [0.1, 0.15) is 18.2 Å². The summed E-state index contributed by atoms with van der Waals surface area (Å²) < 4.78 is 30.7. The summed E-state index contributed by atoms with van der Waals surface area (Å²) >= 11 is 0. The summed E-state index contributed by atoms with van der Waals surface area (Å²) in [7, 11) is 0. The largest absolute Gasteiger partial charge is 0.386 e. The van der Waals surface area contributed by atoms with Gasteiger partial charge in [-0.25, -0.2) is 18.7 Å². The Labute approximate surface area is 142 Å². The Kier molecular flexibility index (Phi) is 3.34. The third kappa shape index (κ3) is 2.37. The van der Waals surface area contributed by atoms with Gasteiger partial charge in [0.1, 0.15) is 29.3 Å². The van der Waals surface area contributed by atoms with Gasteiger partial charge in [-0.2, -0.15) is 5.10 Å². The number of fused-ring (bicyclic) bond motifs is 1. The second kappa shape index (κ2) is 5.44. The highest BCUT2D eigenvalue weighted by atomic mass is 19.1. The van der Waals surface area contributed by atoms with Crippen LogP contribution in [0, 0.1) is 11.6 Å². The number of aromatic nitrogens is 4. The molecule has 0 spiro atoms. The molecule has 1 aliphatic heterocycles. The number of aliphatic imine (C=N–C) groups is 1. The Bertz CT molecular complexity index is 982. The standard InChI is InChI=1S/C17H14F2N6/c1-17(15-2-3-23-25(15)8-16(20)24-17)12-4-11(13(18)5-14(12)19)10-6-21-9-22-7-10/h2-7,9H,8H2,1H3,(H2,20,24). The molecule has 2 N–H and O–H groups in total. The molecule has 126 valence electrons. The lowest BCUT2D eigenvalue weighted by Crippen LogP contribution is -2.37. The molecular formula is C17H14F2N6. The summed E-state index contributed by atoms with van der Waals surface area (Å²) in [6.07, 6.45) is 5.89. The minimum absolute atomic E-state index is 0.198. The summed E-state index contributed by atoms with van der Waals surface area (Å²) in [5.74, 6) is -1.07. The van der Waals surface area contributed by atoms with Gasteiger partial charge in [0.05, 0.1) is 12.2 Å². The number of nitrogens with zero attached hydrogens (tertiary/aromatic N) is 5. The summed E-state index contributed by atoms with van der Waals surface area (Å²) in [5, 5.41) is 4.20. The van der Waals surface area contributed by atoms with Crippen molar-refractivity contribution in [3.63, 3.8) is 0 Å². The summed E-state index contributed by atoms with van der Waals surface area (Å²) in [5.41, 5.74) is 6.35. The third-order valence-corrected chi connectivity index (χ3v) is 4.35. The van der Waals surface area contributed by atoms with E-state index in [0.29, 0.717) is 23.6 Å². The number of nitrogens with two attached hydrogens (primary N) is 1. The zero-order chi connectivity index (χ0) is 17.6. The van der Waals surface area contributed by atoms with Gasteiger partial charge < -0.3 is 5.73 Å². The van der Waals surface area contributed by atoms with Crippen LogP contribution in [-0.2, 0) is 12.1 Å². The van der Waals surface area contributed by atoms with Crippen molar-refractivity contribution in [2.24, 2.45) is 10.7 Å². The molecular weight excluding hydrogens is 326 g/mol. The molecule has 25 heavy (non-hydrogen) atoms. The van der Waals surface area contributed by atoms with Gasteiger partial charge in [-0.05, 0) is 19.1 Å². The fourth-order valence-corrected chi connectivity index (χ4v) is 3.19. The van der Waals surface area contributed by atoms with Crippen molar-refractivity contribution in [3.8, 4) is 11.1 Å². The maximum absolute atomic E-state index is 14.7. The van der Waals surface area contributed by atoms with Gasteiger partial charge in [-0.1, -0.05) is 0 Å². The van der Waals surface area contributed by atoms with Crippen molar-refractivity contribution < 1.29 is 8.78 Å². The van der Waals surface area contributed by atoms with Gasteiger partial charge >= 0.3 is 0 Å². The number of hydrogen-bond donors (Lipinski definition) is 1. The number of hydrogen-bond acceptors (Lipinski definition) is 5. The molecule has 0 fully saturated rings. The van der Waals surface area contributed by atoms with Crippen LogP contribution in [-0.4, -0.2) is 25.6 Å². The van der Waals surface area contributed by atoms with Crippen LogP contribution in [0.25, 0.3) is 11.1 Å². The second-order valence-corrected chi connectivity index (χ2v) is 5.99. The first-order chi connectivity index (χ1) is 12.0. The molecule has 1 aliphatic rings. The molecule has 0 saturated heterocycles. The third-order valence-electron chi connectivity index (χ3n) is 4.35. The van der Waals surface area contributed by atoms with Crippen LogP contribution in [0.5, 0.6) is 0 Å². The predicted octanol–water partition coefficient (Wildman–Crippen LogP) is 2.25. The Balaban J connectivity index is 1.96. The van der Waals surface area contributed by atoms with Crippen LogP contribution in [0.3, 0.4) is 0 Å². The normalized spacial score (nSPS) is 19.4. The van der Waals surface area contributed by atoms with E-state index in [4.69, 9.17) is 5.73 Å². The molecule has 3 heterocycles. The van der Waals surface area contributed by atoms with Gasteiger partial charge in [0.2, 0.25) is 0 Å². The molecule has 1 atom stereocenters. The van der Waals surface area contributed by atoms with Crippen LogP contribution >= 0.6 is 0 Å². The summed E-state index contributed by atoms with van der Waals surface area (Å²) in [6, 6.07) is 4.04. The van der Waals surface area contributed by atoms with Gasteiger partial charge in [0.25, 0.3) is 0 Å². The minimum atomic E-state index is -1.11. The Morgan fingerprint density at radius 1 is 1.16 bits per heavy atom. The minimum Gasteiger partial charge on any atom is -0.386 e. The fourth-order valence-electron chi connectivity index (χ4n) is 3.19. The Morgan fingerprint density at radius 2 is 1.92 bits per heavy atom. The molecule has 0 aliphatic carbocycles. The molecule has 8 heteroatoms. The van der Waals surface area contributed by atoms with Gasteiger partial charge in [-0.15, -0.1) is 0 Å². The van der Waals surface area contributed by atoms with E-state index in [-0.39, 0.29) is 11.1 Å². The lowest BCUT2D eigenvalue weighted by Gasteiger charge is -2.31. The highest BCUT2D eigenvalue weighted by Gasteiger charge is 2.38. The molecule has 0 saturated carbocycles. The molecule has 6 nitrogen and oxygen atoms in total. The summed E-state index contributed by atoms with van der Waals surface area (Å²) in [4.78, 5) is 12.2. The molecule has 3 aromatic rings. The van der Waals surface area contributed by atoms with E-state index in [1.807, 2.05) is 0 Å². The maximum Gasteiger partial charge on any atom is 0.134 e. The zero-order valence-corrected chi connectivity index (χ0v) is 13.3. The molecule has 1 aromatic carbocycles. The second-order valence-electron chi connectivity index (χ2n) is 5.99. The fraction of sp³-hybridized carbons (Fsp3) is 0.176. The van der Waals surface area contributed by atoms with Crippen LogP contribution in [0.15, 0.2) is 48.1 Å². The van der Waals surface area contributed by atoms with Gasteiger partial charge in [0, 0.05) is 41.3 Å². The first-order valence-corrected chi connectivity index (χ1v) is 7.60. The molecule has 1 unspecified atom stereocenters. The van der Waals surface area contributed by atoms with Crippen molar-refractivity contribution in [1.82, 2.24) is 19.7 Å². The number of amidine groups is 1. The molecule has 0 amide bonds. The maximum atomic E-state index is 14.7. The van der Waals surface area contributed by atoms with Crippen molar-refractivity contribution in [3.05, 3.63) is 66.0 Å². The Morgan fingerprint density at radius 3 is 2.68 bits per heavy atom. The van der Waals surface area contributed by atoms with Crippen LogP contribution in [0.2, 0.25) is 0 Å². The molecule has 2 aromatic heterocycles. The molecule has 0 radical (unpaired) electrons. The number of halogens is 2. The Hall–Kier alpha value is -3.16. The van der Waals surface area contributed by atoms with Crippen LogP contribution in [0.4, 0.5) is 8.78 Å². The topological polar surface area (TPSA) is 82.0 Å². The van der Waals surface area contributed by atoms with E-state index in [9.17, 15) is 8.78 Å². The van der Waals surface area contributed by atoms with E-state index < -0.39 is 17.2 Å². The smallest absolute Gasteiger partial charge is 0.134 e. The quantitative estimate of drug-likeness (QED) is 0.776. The average molecular weight is 340 g/mol. The SMILES string of the molecule is CC1(c2cc(-c3cncnc3)c(F)cc2F)N=C(N)Cn2nccc21. The van der Waals surface area contributed by atoms with Gasteiger partial charge in [0.15, 0.2) is 0 Å². The first-order valence-electron chi connectivity index (χ1n) is 7.60. The zero-order valence-electron chi connectivity index (χ0n) is 13.3. The summed E-state index contributed by atoms with van der Waals surface area (Å²) in [6.45, 7) is 2.06. The van der Waals surface area contributed by atoms with Gasteiger partial charge in [-0.3, -0.25) is 9.67 Å². The lowest BCUT2D eigenvalue weighted by atomic mass is 9.86. The van der Waals surface area contributed by atoms with Crippen molar-refractivity contribution in [2.75, 3.05) is 0 Å². The van der Waals surface area contributed by atoms with E-state index in [0.717, 1.165) is 6.07 Å². The van der Waals surface area contributed by atoms with E-state index >= 15 is 0 Å². The highest BCUT2D eigenvalue weighted by molar-refractivity contribution is 5.82.